The minimum absolute atomic E-state index is 0.0204. The quantitative estimate of drug-likeness (QED) is 0.360. The van der Waals surface area contributed by atoms with Gasteiger partial charge in [-0.3, -0.25) is 9.48 Å². The van der Waals surface area contributed by atoms with E-state index in [1.807, 2.05) is 48.2 Å². The van der Waals surface area contributed by atoms with E-state index >= 15 is 0 Å². The zero-order valence-electron chi connectivity index (χ0n) is 16.3. The van der Waals surface area contributed by atoms with Crippen molar-refractivity contribution >= 4 is 39.2 Å². The first-order chi connectivity index (χ1) is 14.1. The smallest absolute Gasteiger partial charge is 0.230 e. The number of aromatic nitrogens is 4. The van der Waals surface area contributed by atoms with E-state index in [0.717, 1.165) is 38.7 Å². The number of thiophene rings is 1. The van der Waals surface area contributed by atoms with Gasteiger partial charge in [-0.25, -0.2) is 9.97 Å². The van der Waals surface area contributed by atoms with Crippen molar-refractivity contribution in [2.75, 3.05) is 5.75 Å². The van der Waals surface area contributed by atoms with Crippen LogP contribution in [0, 0.1) is 13.8 Å². The fourth-order valence-corrected chi connectivity index (χ4v) is 4.92. The minimum atomic E-state index is -0.0204. The molecule has 0 spiro atoms. The minimum Gasteiger partial charge on any atom is -0.351 e. The first-order valence-electron chi connectivity index (χ1n) is 9.26. The molecule has 0 aliphatic heterocycles. The molecule has 0 unspecified atom stereocenters. The van der Waals surface area contributed by atoms with Gasteiger partial charge in [-0.2, -0.15) is 5.10 Å². The van der Waals surface area contributed by atoms with Gasteiger partial charge < -0.3 is 5.32 Å². The summed E-state index contributed by atoms with van der Waals surface area (Å²) in [5.41, 5.74) is 5.22. The highest BCUT2D eigenvalue weighted by atomic mass is 32.2. The lowest BCUT2D eigenvalue weighted by molar-refractivity contribution is -0.118. The molecule has 8 heteroatoms. The van der Waals surface area contributed by atoms with Crippen molar-refractivity contribution in [1.29, 1.82) is 0 Å². The maximum absolute atomic E-state index is 12.4. The van der Waals surface area contributed by atoms with E-state index in [9.17, 15) is 4.79 Å². The molecule has 0 saturated heterocycles. The molecule has 3 aromatic heterocycles. The van der Waals surface area contributed by atoms with Gasteiger partial charge in [0.2, 0.25) is 5.91 Å². The molecular weight excluding hydrogens is 402 g/mol. The summed E-state index contributed by atoms with van der Waals surface area (Å²) in [6, 6.07) is 12.2. The highest BCUT2D eigenvalue weighted by Gasteiger charge is 2.14. The van der Waals surface area contributed by atoms with Crippen LogP contribution in [-0.4, -0.2) is 31.4 Å². The summed E-state index contributed by atoms with van der Waals surface area (Å²) in [4.78, 5) is 20.9. The van der Waals surface area contributed by atoms with E-state index in [1.165, 1.54) is 17.3 Å². The number of hydrogen-bond donors (Lipinski definition) is 1. The highest BCUT2D eigenvalue weighted by molar-refractivity contribution is 8.00. The van der Waals surface area contributed by atoms with Crippen molar-refractivity contribution in [3.8, 4) is 0 Å². The van der Waals surface area contributed by atoms with Gasteiger partial charge in [0.1, 0.15) is 11.4 Å². The molecule has 0 aliphatic carbocycles. The van der Waals surface area contributed by atoms with Gasteiger partial charge in [0.25, 0.3) is 0 Å². The number of benzene rings is 1. The maximum Gasteiger partial charge on any atom is 0.230 e. The summed E-state index contributed by atoms with van der Waals surface area (Å²) in [5.74, 6) is 0.299. The molecule has 3 heterocycles. The van der Waals surface area contributed by atoms with Gasteiger partial charge >= 0.3 is 0 Å². The van der Waals surface area contributed by atoms with Crippen molar-refractivity contribution in [2.24, 2.45) is 0 Å². The van der Waals surface area contributed by atoms with Crippen LogP contribution in [-0.2, 0) is 17.9 Å². The van der Waals surface area contributed by atoms with Gasteiger partial charge in [0, 0.05) is 17.8 Å². The maximum atomic E-state index is 12.4. The molecule has 0 bridgehead atoms. The van der Waals surface area contributed by atoms with Crippen LogP contribution in [0.15, 0.2) is 53.1 Å². The van der Waals surface area contributed by atoms with Crippen LogP contribution in [0.1, 0.15) is 22.5 Å². The zero-order valence-corrected chi connectivity index (χ0v) is 17.9. The van der Waals surface area contributed by atoms with Crippen LogP contribution in [0.2, 0.25) is 0 Å². The van der Waals surface area contributed by atoms with Crippen LogP contribution in [0.5, 0.6) is 0 Å². The summed E-state index contributed by atoms with van der Waals surface area (Å²) in [6.45, 7) is 5.23. The Morgan fingerprint density at radius 3 is 2.83 bits per heavy atom. The number of fused-ring (bicyclic) bond motifs is 1. The number of carbonyl (C=O) groups is 1. The number of nitrogens with one attached hydrogen (secondary N) is 1. The highest BCUT2D eigenvalue weighted by Crippen LogP contribution is 2.28. The second kappa shape index (κ2) is 8.75. The topological polar surface area (TPSA) is 72.7 Å². The molecule has 0 radical (unpaired) electrons. The Balaban J connectivity index is 1.36. The second-order valence-corrected chi connectivity index (χ2v) is 8.55. The molecule has 4 aromatic rings. The van der Waals surface area contributed by atoms with E-state index in [-0.39, 0.29) is 5.91 Å². The van der Waals surface area contributed by atoms with E-state index in [0.29, 0.717) is 12.3 Å². The first kappa shape index (κ1) is 19.6. The Morgan fingerprint density at radius 2 is 2.00 bits per heavy atom. The summed E-state index contributed by atoms with van der Waals surface area (Å²) in [7, 11) is 0. The molecule has 6 nitrogen and oxygen atoms in total. The van der Waals surface area contributed by atoms with Gasteiger partial charge in [-0.05, 0) is 30.9 Å². The van der Waals surface area contributed by atoms with Crippen LogP contribution in [0.3, 0.4) is 0 Å². The molecule has 148 valence electrons. The zero-order chi connectivity index (χ0) is 20.2. The van der Waals surface area contributed by atoms with Crippen molar-refractivity contribution in [2.45, 2.75) is 32.0 Å². The Bertz CT molecular complexity index is 1140. The number of aryl methyl sites for hydroxylation is 1. The molecule has 1 aromatic carbocycles. The summed E-state index contributed by atoms with van der Waals surface area (Å²) >= 11 is 3.03. The van der Waals surface area contributed by atoms with Crippen molar-refractivity contribution < 1.29 is 4.79 Å². The molecule has 0 fully saturated rings. The number of thioether (sulfide) groups is 1. The summed E-state index contributed by atoms with van der Waals surface area (Å²) in [6.07, 6.45) is 1.54. The van der Waals surface area contributed by atoms with Crippen molar-refractivity contribution in [3.63, 3.8) is 0 Å². The van der Waals surface area contributed by atoms with E-state index in [4.69, 9.17) is 0 Å². The normalized spacial score (nSPS) is 11.1. The molecule has 0 saturated carbocycles. The Morgan fingerprint density at radius 1 is 1.17 bits per heavy atom. The van der Waals surface area contributed by atoms with Crippen molar-refractivity contribution in [3.05, 3.63) is 70.6 Å². The first-order valence-corrected chi connectivity index (χ1v) is 11.1. The molecule has 1 amide bonds. The van der Waals surface area contributed by atoms with Crippen molar-refractivity contribution in [1.82, 2.24) is 25.1 Å². The fraction of sp³-hybridized carbons (Fsp3) is 0.238. The van der Waals surface area contributed by atoms with E-state index in [1.54, 1.807) is 17.7 Å². The van der Waals surface area contributed by atoms with E-state index < -0.39 is 0 Å². The molecule has 4 rings (SSSR count). The fourth-order valence-electron chi connectivity index (χ4n) is 3.14. The standard InChI is InChI=1S/C21H21N5OS2/c1-14-17(15(2)26(25-14)11-16-6-4-3-5-7-16)10-22-19(27)12-29-21-20-18(8-9-28-20)23-13-24-21/h3-9,13H,10-12H2,1-2H3,(H,22,27). The third kappa shape index (κ3) is 4.49. The Kier molecular flexibility index (Phi) is 5.92. The summed E-state index contributed by atoms with van der Waals surface area (Å²) in [5, 5.41) is 10.5. The number of carbonyl (C=O) groups excluding carboxylic acids is 1. The predicted molar refractivity (Wildman–Crippen MR) is 117 cm³/mol. The number of rotatable bonds is 7. The average molecular weight is 424 g/mol. The SMILES string of the molecule is Cc1nn(Cc2ccccc2)c(C)c1CNC(=O)CSc1ncnc2ccsc12. The lowest BCUT2D eigenvalue weighted by atomic mass is 10.2. The Hall–Kier alpha value is -2.71. The largest absolute Gasteiger partial charge is 0.351 e. The van der Waals surface area contributed by atoms with Gasteiger partial charge in [-0.1, -0.05) is 42.1 Å². The van der Waals surface area contributed by atoms with Crippen LogP contribution < -0.4 is 5.32 Å². The Labute approximate surface area is 177 Å². The van der Waals surface area contributed by atoms with E-state index in [2.05, 4.69) is 32.5 Å². The van der Waals surface area contributed by atoms with Crippen LogP contribution in [0.25, 0.3) is 10.2 Å². The number of amides is 1. The third-order valence-corrected chi connectivity index (χ3v) is 6.75. The summed E-state index contributed by atoms with van der Waals surface area (Å²) < 4.78 is 3.02. The van der Waals surface area contributed by atoms with Gasteiger partial charge in [0.15, 0.2) is 0 Å². The lowest BCUT2D eigenvalue weighted by Gasteiger charge is -2.07. The van der Waals surface area contributed by atoms with Gasteiger partial charge in [-0.15, -0.1) is 11.3 Å². The molecule has 1 N–H and O–H groups in total. The predicted octanol–water partition coefficient (Wildman–Crippen LogP) is 3.96. The molecule has 29 heavy (non-hydrogen) atoms. The molecule has 0 aliphatic rings. The molecule has 0 atom stereocenters. The van der Waals surface area contributed by atoms with Crippen LogP contribution in [0.4, 0.5) is 0 Å². The monoisotopic (exact) mass is 423 g/mol. The van der Waals surface area contributed by atoms with Gasteiger partial charge in [0.05, 0.1) is 28.2 Å². The lowest BCUT2D eigenvalue weighted by Crippen LogP contribution is -2.25. The van der Waals surface area contributed by atoms with Crippen LogP contribution >= 0.6 is 23.1 Å². The average Bonchev–Trinajstić information content (AvgIpc) is 3.31. The number of nitrogens with zero attached hydrogens (tertiary/aromatic N) is 4. The molecular formula is C21H21N5OS2. The number of hydrogen-bond acceptors (Lipinski definition) is 6. The third-order valence-electron chi connectivity index (χ3n) is 4.72. The second-order valence-electron chi connectivity index (χ2n) is 6.67.